The SMILES string of the molecule is CC/C=C\C/C=C\C/C=C\CCCCCCCCCC(=O)NC(COP(=O)(O)OCC(O)COC(=O)CCCCCCC/C=C\CCCCCC)C(=O)O. The molecule has 0 aromatic carbocycles. The molecule has 0 rings (SSSR count). The second-order valence-electron chi connectivity index (χ2n) is 13.8. The molecule has 312 valence electrons. The average Bonchev–Trinajstić information content (AvgIpc) is 3.14. The zero-order valence-electron chi connectivity index (χ0n) is 33.5. The van der Waals surface area contributed by atoms with Gasteiger partial charge in [0.2, 0.25) is 5.91 Å². The van der Waals surface area contributed by atoms with E-state index in [1.54, 1.807) is 0 Å². The number of carbonyl (C=O) groups is 3. The number of unbranched alkanes of at least 4 members (excludes halogenated alkanes) is 16. The molecule has 0 saturated heterocycles. The molecule has 11 nitrogen and oxygen atoms in total. The van der Waals surface area contributed by atoms with Gasteiger partial charge in [0.05, 0.1) is 13.2 Å². The largest absolute Gasteiger partial charge is 0.480 e. The summed E-state index contributed by atoms with van der Waals surface area (Å²) in [7, 11) is -4.76. The third-order valence-electron chi connectivity index (χ3n) is 8.60. The lowest BCUT2D eigenvalue weighted by molar-refractivity contribution is -0.147. The highest BCUT2D eigenvalue weighted by Crippen LogP contribution is 2.43. The van der Waals surface area contributed by atoms with Gasteiger partial charge in [0.25, 0.3) is 0 Å². The van der Waals surface area contributed by atoms with Gasteiger partial charge >= 0.3 is 19.8 Å². The predicted octanol–water partition coefficient (Wildman–Crippen LogP) is 10.2. The summed E-state index contributed by atoms with van der Waals surface area (Å²) in [6.45, 7) is 2.43. The maximum atomic E-state index is 12.3. The quantitative estimate of drug-likeness (QED) is 0.0205. The number of hydrogen-bond donors (Lipinski definition) is 4. The van der Waals surface area contributed by atoms with Gasteiger partial charge in [-0.1, -0.05) is 133 Å². The first kappa shape index (κ1) is 51.4. The molecule has 0 aliphatic rings. The van der Waals surface area contributed by atoms with Gasteiger partial charge in [0.15, 0.2) is 6.04 Å². The van der Waals surface area contributed by atoms with Crippen LogP contribution in [0.1, 0.15) is 168 Å². The lowest BCUT2D eigenvalue weighted by Crippen LogP contribution is -2.43. The number of nitrogens with one attached hydrogen (secondary N) is 1. The van der Waals surface area contributed by atoms with E-state index in [1.807, 2.05) is 0 Å². The van der Waals surface area contributed by atoms with Gasteiger partial charge < -0.3 is 25.2 Å². The molecule has 4 N–H and O–H groups in total. The zero-order valence-corrected chi connectivity index (χ0v) is 34.4. The number of hydrogen-bond acceptors (Lipinski definition) is 8. The summed E-state index contributed by atoms with van der Waals surface area (Å²) in [5, 5.41) is 21.8. The first-order chi connectivity index (χ1) is 26.1. The number of amides is 1. The lowest BCUT2D eigenvalue weighted by Gasteiger charge is -2.18. The Kier molecular flexibility index (Phi) is 35.6. The van der Waals surface area contributed by atoms with Gasteiger partial charge in [0.1, 0.15) is 12.7 Å². The molecule has 3 unspecified atom stereocenters. The minimum absolute atomic E-state index is 0.132. The lowest BCUT2D eigenvalue weighted by atomic mass is 10.1. The Morgan fingerprint density at radius 2 is 1.07 bits per heavy atom. The fourth-order valence-corrected chi connectivity index (χ4v) is 6.15. The van der Waals surface area contributed by atoms with E-state index in [2.05, 4.69) is 67.8 Å². The maximum absolute atomic E-state index is 12.3. The Labute approximate surface area is 326 Å². The van der Waals surface area contributed by atoms with E-state index < -0.39 is 57.6 Å². The summed E-state index contributed by atoms with van der Waals surface area (Å²) in [6, 6.07) is -1.55. The van der Waals surface area contributed by atoms with Crippen molar-refractivity contribution in [3.05, 3.63) is 48.6 Å². The molecule has 1 amide bonds. The van der Waals surface area contributed by atoms with Crippen molar-refractivity contribution in [2.24, 2.45) is 0 Å². The number of aliphatic hydroxyl groups is 1. The van der Waals surface area contributed by atoms with Gasteiger partial charge in [0, 0.05) is 12.8 Å². The van der Waals surface area contributed by atoms with Gasteiger partial charge in [-0.25, -0.2) is 9.36 Å². The Balaban J connectivity index is 3.96. The monoisotopic (exact) mass is 784 g/mol. The van der Waals surface area contributed by atoms with Crippen LogP contribution < -0.4 is 5.32 Å². The Hall–Kier alpha value is -2.56. The fourth-order valence-electron chi connectivity index (χ4n) is 5.38. The van der Waals surface area contributed by atoms with Crippen molar-refractivity contribution in [1.29, 1.82) is 0 Å². The van der Waals surface area contributed by atoms with E-state index in [0.29, 0.717) is 12.8 Å². The number of allylic oxidation sites excluding steroid dienone is 8. The summed E-state index contributed by atoms with van der Waals surface area (Å²) in [5.41, 5.74) is 0. The van der Waals surface area contributed by atoms with Crippen LogP contribution in [0.3, 0.4) is 0 Å². The number of phosphoric ester groups is 1. The minimum Gasteiger partial charge on any atom is -0.480 e. The van der Waals surface area contributed by atoms with Crippen molar-refractivity contribution in [1.82, 2.24) is 5.32 Å². The molecule has 0 bridgehead atoms. The molecule has 0 spiro atoms. The minimum atomic E-state index is -4.76. The van der Waals surface area contributed by atoms with Crippen LogP contribution in [0.15, 0.2) is 48.6 Å². The van der Waals surface area contributed by atoms with Crippen LogP contribution >= 0.6 is 7.82 Å². The highest BCUT2D eigenvalue weighted by Gasteiger charge is 2.28. The predicted molar refractivity (Wildman–Crippen MR) is 217 cm³/mol. The number of carbonyl (C=O) groups excluding carboxylic acids is 2. The summed E-state index contributed by atoms with van der Waals surface area (Å²) in [5.74, 6) is -2.40. The molecule has 0 saturated carbocycles. The smallest absolute Gasteiger partial charge is 0.472 e. The number of aliphatic hydroxyl groups excluding tert-OH is 1. The van der Waals surface area contributed by atoms with Gasteiger partial charge in [-0.2, -0.15) is 0 Å². The van der Waals surface area contributed by atoms with Crippen molar-refractivity contribution in [2.75, 3.05) is 19.8 Å². The number of aliphatic carboxylic acids is 1. The van der Waals surface area contributed by atoms with E-state index in [1.165, 1.54) is 25.7 Å². The normalized spacial score (nSPS) is 14.3. The molecule has 3 atom stereocenters. The molecule has 0 aromatic rings. The van der Waals surface area contributed by atoms with Crippen molar-refractivity contribution in [3.63, 3.8) is 0 Å². The van der Waals surface area contributed by atoms with Crippen LogP contribution in [0.5, 0.6) is 0 Å². The number of carboxylic acids is 1. The van der Waals surface area contributed by atoms with Crippen LogP contribution in [0.4, 0.5) is 0 Å². The molecule has 0 heterocycles. The molecule has 12 heteroatoms. The van der Waals surface area contributed by atoms with Crippen molar-refractivity contribution in [2.45, 2.75) is 180 Å². The average molecular weight is 784 g/mol. The van der Waals surface area contributed by atoms with Crippen molar-refractivity contribution < 1.29 is 47.8 Å². The Morgan fingerprint density at radius 3 is 1.63 bits per heavy atom. The fraction of sp³-hybridized carbons (Fsp3) is 0.738. The number of phosphoric acid groups is 1. The molecule has 0 aromatic heterocycles. The molecule has 0 aliphatic carbocycles. The number of carboxylic acid groups (broad SMARTS) is 1. The van der Waals surface area contributed by atoms with Gasteiger partial charge in [-0.15, -0.1) is 0 Å². The third-order valence-corrected chi connectivity index (χ3v) is 9.55. The van der Waals surface area contributed by atoms with Crippen LogP contribution in [0.2, 0.25) is 0 Å². The molecule has 0 aliphatic heterocycles. The number of rotatable bonds is 38. The number of esters is 1. The Bertz CT molecular complexity index is 1110. The van der Waals surface area contributed by atoms with Crippen molar-refractivity contribution >= 4 is 25.7 Å². The molecular formula is C42H74NO10P. The van der Waals surface area contributed by atoms with E-state index in [0.717, 1.165) is 103 Å². The van der Waals surface area contributed by atoms with E-state index in [-0.39, 0.29) is 12.8 Å². The summed E-state index contributed by atoms with van der Waals surface area (Å²) in [4.78, 5) is 45.8. The summed E-state index contributed by atoms with van der Waals surface area (Å²) in [6.07, 6.45) is 39.9. The summed E-state index contributed by atoms with van der Waals surface area (Å²) >= 11 is 0. The Morgan fingerprint density at radius 1 is 0.611 bits per heavy atom. The standard InChI is InChI=1S/C42H74NO10P/c1-3-5-7-9-11-13-15-17-18-19-20-22-23-25-27-29-31-33-40(45)43-39(42(47)48)37-53-54(49,50)52-36-38(44)35-51-41(46)34-32-30-28-26-24-21-16-14-12-10-8-6-4-2/h5,7,11,13-14,16-18,38-39,44H,3-4,6,8-10,12,15,19-37H2,1-2H3,(H,43,45)(H,47,48)(H,49,50)/b7-5-,13-11-,16-14-,18-17-. The van der Waals surface area contributed by atoms with E-state index in [9.17, 15) is 34.1 Å². The number of ether oxygens (including phenoxy) is 1. The van der Waals surface area contributed by atoms with E-state index in [4.69, 9.17) is 13.8 Å². The van der Waals surface area contributed by atoms with Crippen LogP contribution in [-0.2, 0) is 32.7 Å². The van der Waals surface area contributed by atoms with Crippen LogP contribution in [-0.4, -0.2) is 64.9 Å². The maximum Gasteiger partial charge on any atom is 0.472 e. The first-order valence-electron chi connectivity index (χ1n) is 20.7. The first-order valence-corrected chi connectivity index (χ1v) is 22.2. The molecular weight excluding hydrogens is 709 g/mol. The molecule has 0 radical (unpaired) electrons. The van der Waals surface area contributed by atoms with Crippen molar-refractivity contribution in [3.8, 4) is 0 Å². The highest BCUT2D eigenvalue weighted by molar-refractivity contribution is 7.47. The van der Waals surface area contributed by atoms with Gasteiger partial charge in [-0.05, 0) is 70.6 Å². The van der Waals surface area contributed by atoms with E-state index >= 15 is 0 Å². The molecule has 54 heavy (non-hydrogen) atoms. The second-order valence-corrected chi connectivity index (χ2v) is 15.2. The topological polar surface area (TPSA) is 169 Å². The van der Waals surface area contributed by atoms with Gasteiger partial charge in [-0.3, -0.25) is 18.6 Å². The second kappa shape index (κ2) is 37.4. The molecule has 0 fully saturated rings. The van der Waals surface area contributed by atoms with Crippen LogP contribution in [0.25, 0.3) is 0 Å². The zero-order chi connectivity index (χ0) is 40.0. The highest BCUT2D eigenvalue weighted by atomic mass is 31.2. The third kappa shape index (κ3) is 36.4. The summed E-state index contributed by atoms with van der Waals surface area (Å²) < 4.78 is 26.8. The van der Waals surface area contributed by atoms with Crippen LogP contribution in [0, 0.1) is 0 Å².